The average Bonchev–Trinajstić information content (AvgIpc) is 2.47. The Morgan fingerprint density at radius 3 is 2.85 bits per heavy atom. The van der Waals surface area contributed by atoms with Gasteiger partial charge in [-0.1, -0.05) is 35.0 Å². The molecule has 3 rings (SSSR count). The summed E-state index contributed by atoms with van der Waals surface area (Å²) in [4.78, 5) is 6.98. The van der Waals surface area contributed by atoms with Gasteiger partial charge in [0.15, 0.2) is 0 Å². The van der Waals surface area contributed by atoms with Crippen molar-refractivity contribution >= 4 is 15.9 Å². The van der Waals surface area contributed by atoms with E-state index >= 15 is 0 Å². The summed E-state index contributed by atoms with van der Waals surface area (Å²) in [5, 5.41) is 0. The molecule has 0 radical (unpaired) electrons. The summed E-state index contributed by atoms with van der Waals surface area (Å²) < 4.78 is 1.17. The Bertz CT molecular complexity index is 592. The molecule has 20 heavy (non-hydrogen) atoms. The summed E-state index contributed by atoms with van der Waals surface area (Å²) in [7, 11) is 0. The summed E-state index contributed by atoms with van der Waals surface area (Å²) >= 11 is 3.56. The number of pyridine rings is 1. The maximum atomic E-state index is 4.49. The predicted octanol–water partition coefficient (Wildman–Crippen LogP) is 3.96. The van der Waals surface area contributed by atoms with Crippen LogP contribution in [-0.4, -0.2) is 16.4 Å². The number of halogens is 1. The number of hydrogen-bond acceptors (Lipinski definition) is 2. The Balaban J connectivity index is 1.70. The van der Waals surface area contributed by atoms with Gasteiger partial charge in [0.05, 0.1) is 0 Å². The number of hydrogen-bond donors (Lipinski definition) is 0. The quantitative estimate of drug-likeness (QED) is 0.846. The number of rotatable bonds is 3. The third kappa shape index (κ3) is 3.10. The molecule has 0 bridgehead atoms. The minimum Gasteiger partial charge on any atom is -0.294 e. The molecule has 0 atom stereocenters. The molecule has 0 N–H and O–H groups in total. The van der Waals surface area contributed by atoms with Crippen LogP contribution in [-0.2, 0) is 25.9 Å². The van der Waals surface area contributed by atoms with Crippen molar-refractivity contribution in [2.24, 2.45) is 0 Å². The highest BCUT2D eigenvalue weighted by Gasteiger charge is 2.16. The summed E-state index contributed by atoms with van der Waals surface area (Å²) in [5.74, 6) is 0. The molecule has 2 aromatic rings. The van der Waals surface area contributed by atoms with E-state index in [0.717, 1.165) is 32.5 Å². The third-order valence-electron chi connectivity index (χ3n) is 3.91. The van der Waals surface area contributed by atoms with Crippen molar-refractivity contribution in [2.45, 2.75) is 32.9 Å². The second-order valence-corrected chi connectivity index (χ2v) is 6.30. The molecule has 0 fully saturated rings. The van der Waals surface area contributed by atoms with Gasteiger partial charge in [-0.3, -0.25) is 9.88 Å². The topological polar surface area (TPSA) is 16.1 Å². The smallest absolute Gasteiger partial charge is 0.0401 e. The number of nitrogens with zero attached hydrogens (tertiary/aromatic N) is 2. The fourth-order valence-electron chi connectivity index (χ4n) is 2.74. The standard InChI is InChI=1S/C17H19BrN2/c1-2-17-6-3-13(10-19-17)11-20-8-7-14-4-5-16(18)9-15(14)12-20/h3-6,9-10H,2,7-8,11-12H2,1H3. The van der Waals surface area contributed by atoms with E-state index in [0.29, 0.717) is 0 Å². The van der Waals surface area contributed by atoms with E-state index in [2.05, 4.69) is 63.1 Å². The van der Waals surface area contributed by atoms with E-state index in [9.17, 15) is 0 Å². The fourth-order valence-corrected chi connectivity index (χ4v) is 3.14. The molecule has 2 heterocycles. The number of benzene rings is 1. The van der Waals surface area contributed by atoms with Crippen molar-refractivity contribution in [1.82, 2.24) is 9.88 Å². The summed E-state index contributed by atoms with van der Waals surface area (Å²) in [6.07, 6.45) is 4.17. The summed E-state index contributed by atoms with van der Waals surface area (Å²) in [5.41, 5.74) is 5.41. The number of aryl methyl sites for hydroxylation is 1. The van der Waals surface area contributed by atoms with Crippen LogP contribution in [0.4, 0.5) is 0 Å². The zero-order valence-electron chi connectivity index (χ0n) is 11.8. The highest BCUT2D eigenvalue weighted by atomic mass is 79.9. The van der Waals surface area contributed by atoms with Gasteiger partial charge in [0, 0.05) is 36.0 Å². The van der Waals surface area contributed by atoms with E-state index in [-0.39, 0.29) is 0 Å². The van der Waals surface area contributed by atoms with Crippen LogP contribution in [0.3, 0.4) is 0 Å². The first kappa shape index (κ1) is 13.8. The maximum Gasteiger partial charge on any atom is 0.0401 e. The maximum absolute atomic E-state index is 4.49. The Hall–Kier alpha value is -1.19. The van der Waals surface area contributed by atoms with Gasteiger partial charge in [0.2, 0.25) is 0 Å². The van der Waals surface area contributed by atoms with Crippen LogP contribution in [0.25, 0.3) is 0 Å². The van der Waals surface area contributed by atoms with Crippen LogP contribution < -0.4 is 0 Å². The minimum atomic E-state index is 0.989. The first-order valence-corrected chi connectivity index (χ1v) is 7.97. The molecule has 1 aliphatic rings. The molecular formula is C17H19BrN2. The Labute approximate surface area is 129 Å². The van der Waals surface area contributed by atoms with E-state index in [1.165, 1.54) is 26.9 Å². The zero-order chi connectivity index (χ0) is 13.9. The van der Waals surface area contributed by atoms with Crippen molar-refractivity contribution in [3.8, 4) is 0 Å². The fraction of sp³-hybridized carbons (Fsp3) is 0.353. The van der Waals surface area contributed by atoms with E-state index in [1.54, 1.807) is 0 Å². The van der Waals surface area contributed by atoms with Gasteiger partial charge in [0.1, 0.15) is 0 Å². The zero-order valence-corrected chi connectivity index (χ0v) is 13.4. The van der Waals surface area contributed by atoms with Gasteiger partial charge in [-0.15, -0.1) is 0 Å². The molecule has 2 nitrogen and oxygen atoms in total. The van der Waals surface area contributed by atoms with Crippen LogP contribution in [0.5, 0.6) is 0 Å². The molecular weight excluding hydrogens is 312 g/mol. The van der Waals surface area contributed by atoms with Crippen LogP contribution in [0.2, 0.25) is 0 Å². The normalized spacial score (nSPS) is 15.1. The van der Waals surface area contributed by atoms with E-state index < -0.39 is 0 Å². The molecule has 0 aliphatic carbocycles. The van der Waals surface area contributed by atoms with Crippen molar-refractivity contribution in [1.29, 1.82) is 0 Å². The second kappa shape index (κ2) is 6.06. The molecule has 0 saturated heterocycles. The van der Waals surface area contributed by atoms with Crippen molar-refractivity contribution in [2.75, 3.05) is 6.54 Å². The monoisotopic (exact) mass is 330 g/mol. The number of fused-ring (bicyclic) bond motifs is 1. The lowest BCUT2D eigenvalue weighted by Gasteiger charge is -2.28. The van der Waals surface area contributed by atoms with Crippen molar-refractivity contribution in [3.63, 3.8) is 0 Å². The Kier molecular flexibility index (Phi) is 4.18. The summed E-state index contributed by atoms with van der Waals surface area (Å²) in [6.45, 7) is 5.29. The van der Waals surface area contributed by atoms with Gasteiger partial charge in [0.25, 0.3) is 0 Å². The van der Waals surface area contributed by atoms with Crippen molar-refractivity contribution < 1.29 is 0 Å². The highest BCUT2D eigenvalue weighted by molar-refractivity contribution is 9.10. The molecule has 1 aromatic carbocycles. The number of aromatic nitrogens is 1. The average molecular weight is 331 g/mol. The van der Waals surface area contributed by atoms with Gasteiger partial charge in [-0.25, -0.2) is 0 Å². The van der Waals surface area contributed by atoms with Gasteiger partial charge >= 0.3 is 0 Å². The predicted molar refractivity (Wildman–Crippen MR) is 85.6 cm³/mol. The first-order valence-electron chi connectivity index (χ1n) is 7.18. The van der Waals surface area contributed by atoms with E-state index in [4.69, 9.17) is 0 Å². The Morgan fingerprint density at radius 1 is 1.20 bits per heavy atom. The molecule has 1 aromatic heterocycles. The summed E-state index contributed by atoms with van der Waals surface area (Å²) in [6, 6.07) is 11.0. The molecule has 0 amide bonds. The van der Waals surface area contributed by atoms with Crippen LogP contribution in [0, 0.1) is 0 Å². The van der Waals surface area contributed by atoms with Gasteiger partial charge in [-0.05, 0) is 47.7 Å². The first-order chi connectivity index (χ1) is 9.74. The van der Waals surface area contributed by atoms with Crippen LogP contribution >= 0.6 is 15.9 Å². The molecule has 3 heteroatoms. The van der Waals surface area contributed by atoms with Gasteiger partial charge in [-0.2, -0.15) is 0 Å². The molecule has 104 valence electrons. The lowest BCUT2D eigenvalue weighted by Crippen LogP contribution is -2.30. The van der Waals surface area contributed by atoms with E-state index in [1.807, 2.05) is 6.20 Å². The molecule has 0 unspecified atom stereocenters. The second-order valence-electron chi connectivity index (χ2n) is 5.39. The lowest BCUT2D eigenvalue weighted by molar-refractivity contribution is 0.245. The highest BCUT2D eigenvalue weighted by Crippen LogP contribution is 2.23. The van der Waals surface area contributed by atoms with Gasteiger partial charge < -0.3 is 0 Å². The van der Waals surface area contributed by atoms with Crippen LogP contribution in [0.1, 0.15) is 29.3 Å². The Morgan fingerprint density at radius 2 is 2.10 bits per heavy atom. The SMILES string of the molecule is CCc1ccc(CN2CCc3ccc(Br)cc3C2)cn1. The minimum absolute atomic E-state index is 0.989. The lowest BCUT2D eigenvalue weighted by atomic mass is 9.99. The molecule has 0 saturated carbocycles. The third-order valence-corrected chi connectivity index (χ3v) is 4.41. The largest absolute Gasteiger partial charge is 0.294 e. The molecule has 1 aliphatic heterocycles. The van der Waals surface area contributed by atoms with Crippen molar-refractivity contribution in [3.05, 3.63) is 63.4 Å². The van der Waals surface area contributed by atoms with Crippen LogP contribution in [0.15, 0.2) is 41.0 Å². The molecule has 0 spiro atoms.